The molecule has 0 bridgehead atoms. The fourth-order valence-corrected chi connectivity index (χ4v) is 4.33. The van der Waals surface area contributed by atoms with E-state index in [9.17, 15) is 4.79 Å². The Hall–Kier alpha value is -3.30. The van der Waals surface area contributed by atoms with E-state index in [2.05, 4.69) is 30.7 Å². The maximum atomic E-state index is 12.7. The summed E-state index contributed by atoms with van der Waals surface area (Å²) in [6.07, 6.45) is 3.36. The van der Waals surface area contributed by atoms with Crippen molar-refractivity contribution >= 4 is 38.7 Å². The van der Waals surface area contributed by atoms with Gasteiger partial charge in [-0.25, -0.2) is 0 Å². The molecule has 29 heavy (non-hydrogen) atoms. The number of rotatable bonds is 4. The molecule has 1 fully saturated rings. The molecule has 5 rings (SSSR count). The van der Waals surface area contributed by atoms with E-state index in [-0.39, 0.29) is 5.89 Å². The molecule has 0 atom stereocenters. The van der Waals surface area contributed by atoms with E-state index < -0.39 is 5.91 Å². The first-order valence-corrected chi connectivity index (χ1v) is 10.1. The van der Waals surface area contributed by atoms with Crippen LogP contribution < -0.4 is 15.5 Å². The molecule has 0 unspecified atom stereocenters. The van der Waals surface area contributed by atoms with Crippen LogP contribution in [0.15, 0.2) is 53.2 Å². The summed E-state index contributed by atoms with van der Waals surface area (Å²) >= 11 is 1.55. The maximum absolute atomic E-state index is 12.7. The minimum atomic E-state index is -0.450. The molecule has 1 saturated heterocycles. The third-order valence-electron chi connectivity index (χ3n) is 4.76. The number of carbonyl (C=O) groups is 1. The Balaban J connectivity index is 1.37. The molecule has 1 aliphatic heterocycles. The highest BCUT2D eigenvalue weighted by molar-refractivity contribution is 7.22. The molecule has 1 aromatic carbocycles. The van der Waals surface area contributed by atoms with E-state index in [1.165, 1.54) is 0 Å². The van der Waals surface area contributed by atoms with Gasteiger partial charge in [0.2, 0.25) is 0 Å². The van der Waals surface area contributed by atoms with Gasteiger partial charge < -0.3 is 20.0 Å². The predicted octanol–water partition coefficient (Wildman–Crippen LogP) is 3.01. The third kappa shape index (κ3) is 3.57. The SMILES string of the molecule is O=C(Nc1cnccc1N1CCNCC1)c1nnc(-c2cc3ccccc3s2)o1. The molecule has 1 aliphatic rings. The van der Waals surface area contributed by atoms with E-state index in [4.69, 9.17) is 4.42 Å². The molecule has 146 valence electrons. The highest BCUT2D eigenvalue weighted by atomic mass is 32.1. The van der Waals surface area contributed by atoms with Crippen molar-refractivity contribution in [3.8, 4) is 10.8 Å². The minimum absolute atomic E-state index is 0.0763. The Morgan fingerprint density at radius 3 is 2.90 bits per heavy atom. The van der Waals surface area contributed by atoms with Gasteiger partial charge in [0.15, 0.2) is 0 Å². The number of anilines is 2. The van der Waals surface area contributed by atoms with Gasteiger partial charge in [0.25, 0.3) is 5.89 Å². The van der Waals surface area contributed by atoms with E-state index in [1.54, 1.807) is 23.7 Å². The smallest absolute Gasteiger partial charge is 0.313 e. The third-order valence-corrected chi connectivity index (χ3v) is 5.86. The molecule has 3 aromatic heterocycles. The number of hydrogen-bond acceptors (Lipinski definition) is 8. The molecule has 0 aliphatic carbocycles. The Morgan fingerprint density at radius 1 is 1.17 bits per heavy atom. The number of nitrogens with zero attached hydrogens (tertiary/aromatic N) is 4. The van der Waals surface area contributed by atoms with Crippen LogP contribution in [0.3, 0.4) is 0 Å². The van der Waals surface area contributed by atoms with Crippen LogP contribution >= 0.6 is 11.3 Å². The van der Waals surface area contributed by atoms with Crippen LogP contribution in [0, 0.1) is 0 Å². The second-order valence-corrected chi connectivity index (χ2v) is 7.73. The van der Waals surface area contributed by atoms with Crippen molar-refractivity contribution in [1.29, 1.82) is 0 Å². The number of nitrogens with one attached hydrogen (secondary N) is 2. The Bertz CT molecular complexity index is 1130. The highest BCUT2D eigenvalue weighted by Crippen LogP contribution is 2.32. The monoisotopic (exact) mass is 406 g/mol. The topological polar surface area (TPSA) is 96.2 Å². The van der Waals surface area contributed by atoms with Gasteiger partial charge in [0.05, 0.1) is 22.4 Å². The summed E-state index contributed by atoms with van der Waals surface area (Å²) in [5.41, 5.74) is 1.56. The number of pyridine rings is 1. The molecular weight excluding hydrogens is 388 g/mol. The number of piperazine rings is 1. The lowest BCUT2D eigenvalue weighted by Crippen LogP contribution is -2.43. The number of aromatic nitrogens is 3. The van der Waals surface area contributed by atoms with E-state index in [0.717, 1.165) is 46.8 Å². The highest BCUT2D eigenvalue weighted by Gasteiger charge is 2.20. The molecule has 9 heteroatoms. The lowest BCUT2D eigenvalue weighted by molar-refractivity contribution is 0.0991. The lowest BCUT2D eigenvalue weighted by atomic mass is 10.2. The van der Waals surface area contributed by atoms with Gasteiger partial charge in [-0.1, -0.05) is 18.2 Å². The first-order valence-electron chi connectivity index (χ1n) is 9.31. The first kappa shape index (κ1) is 17.8. The zero-order valence-electron chi connectivity index (χ0n) is 15.5. The summed E-state index contributed by atoms with van der Waals surface area (Å²) in [4.78, 5) is 19.9. The van der Waals surface area contributed by atoms with E-state index in [1.807, 2.05) is 36.4 Å². The van der Waals surface area contributed by atoms with Crippen molar-refractivity contribution in [2.24, 2.45) is 0 Å². The zero-order valence-corrected chi connectivity index (χ0v) is 16.3. The Morgan fingerprint density at radius 2 is 2.03 bits per heavy atom. The summed E-state index contributed by atoms with van der Waals surface area (Å²) in [5.74, 6) is -0.188. The normalized spacial score (nSPS) is 14.3. The van der Waals surface area contributed by atoms with E-state index >= 15 is 0 Å². The Kier molecular flexibility index (Phi) is 4.66. The average molecular weight is 406 g/mol. The number of fused-ring (bicyclic) bond motifs is 1. The number of hydrogen-bond donors (Lipinski definition) is 2. The van der Waals surface area contributed by atoms with Crippen LogP contribution in [-0.2, 0) is 0 Å². The maximum Gasteiger partial charge on any atom is 0.313 e. The van der Waals surface area contributed by atoms with Crippen LogP contribution in [0.2, 0.25) is 0 Å². The molecule has 8 nitrogen and oxygen atoms in total. The van der Waals surface area contributed by atoms with Crippen LogP contribution in [-0.4, -0.2) is 47.3 Å². The first-order chi connectivity index (χ1) is 14.3. The van der Waals surface area contributed by atoms with Crippen LogP contribution in [0.4, 0.5) is 11.4 Å². The predicted molar refractivity (Wildman–Crippen MR) is 112 cm³/mol. The number of amides is 1. The van der Waals surface area contributed by atoms with Gasteiger partial charge in [-0.3, -0.25) is 9.78 Å². The van der Waals surface area contributed by atoms with Crippen LogP contribution in [0.5, 0.6) is 0 Å². The van der Waals surface area contributed by atoms with Crippen molar-refractivity contribution in [1.82, 2.24) is 20.5 Å². The fraction of sp³-hybridized carbons (Fsp3) is 0.200. The second kappa shape index (κ2) is 7.61. The summed E-state index contributed by atoms with van der Waals surface area (Å²) in [6, 6.07) is 11.9. The van der Waals surface area contributed by atoms with Crippen molar-refractivity contribution in [2.75, 3.05) is 36.4 Å². The zero-order chi connectivity index (χ0) is 19.6. The van der Waals surface area contributed by atoms with Gasteiger partial charge >= 0.3 is 11.8 Å². The van der Waals surface area contributed by atoms with Crippen LogP contribution in [0.25, 0.3) is 20.9 Å². The van der Waals surface area contributed by atoms with Gasteiger partial charge in [-0.05, 0) is 23.6 Å². The van der Waals surface area contributed by atoms with Gasteiger partial charge in [-0.2, -0.15) is 0 Å². The van der Waals surface area contributed by atoms with Gasteiger partial charge in [-0.15, -0.1) is 21.5 Å². The van der Waals surface area contributed by atoms with E-state index in [0.29, 0.717) is 11.6 Å². The molecule has 4 aromatic rings. The van der Waals surface area contributed by atoms with Crippen molar-refractivity contribution in [2.45, 2.75) is 0 Å². The van der Waals surface area contributed by atoms with Crippen molar-refractivity contribution in [3.05, 3.63) is 54.7 Å². The van der Waals surface area contributed by atoms with Crippen LogP contribution in [0.1, 0.15) is 10.7 Å². The largest absolute Gasteiger partial charge is 0.411 e. The van der Waals surface area contributed by atoms with Gasteiger partial charge in [0.1, 0.15) is 0 Å². The summed E-state index contributed by atoms with van der Waals surface area (Å²) in [5, 5.41) is 15.3. The summed E-state index contributed by atoms with van der Waals surface area (Å²) in [6.45, 7) is 3.53. The molecule has 0 spiro atoms. The fourth-order valence-electron chi connectivity index (χ4n) is 3.34. The average Bonchev–Trinajstić information content (AvgIpc) is 3.42. The van der Waals surface area contributed by atoms with Gasteiger partial charge in [0, 0.05) is 37.1 Å². The number of benzene rings is 1. The molecule has 1 amide bonds. The van der Waals surface area contributed by atoms with Crippen molar-refractivity contribution < 1.29 is 9.21 Å². The second-order valence-electron chi connectivity index (χ2n) is 6.64. The summed E-state index contributed by atoms with van der Waals surface area (Å²) in [7, 11) is 0. The lowest BCUT2D eigenvalue weighted by Gasteiger charge is -2.30. The molecular formula is C20H18N6O2S. The minimum Gasteiger partial charge on any atom is -0.411 e. The Labute approximate surface area is 170 Å². The molecule has 0 saturated carbocycles. The number of thiophene rings is 1. The van der Waals surface area contributed by atoms with Crippen molar-refractivity contribution in [3.63, 3.8) is 0 Å². The molecule has 4 heterocycles. The summed E-state index contributed by atoms with van der Waals surface area (Å²) < 4.78 is 6.78. The molecule has 2 N–H and O–H groups in total. The molecule has 0 radical (unpaired) electrons. The number of carbonyl (C=O) groups excluding carboxylic acids is 1. The quantitative estimate of drug-likeness (QED) is 0.538. The standard InChI is InChI=1S/C20H18N6O2S/c27-18(23-14-12-22-6-5-15(14)26-9-7-21-8-10-26)20-25-24-19(28-20)17-11-13-3-1-2-4-16(13)29-17/h1-6,11-12,21H,7-10H2,(H,23,27).